The minimum Gasteiger partial charge on any atom is -0.481 e. The van der Waals surface area contributed by atoms with Gasteiger partial charge in [-0.05, 0) is 29.2 Å². The Labute approximate surface area is 111 Å². The van der Waals surface area contributed by atoms with Gasteiger partial charge in [0.2, 0.25) is 0 Å². The minimum absolute atomic E-state index is 0.140. The van der Waals surface area contributed by atoms with Crippen molar-refractivity contribution in [3.8, 4) is 0 Å². The molecule has 0 amide bonds. The van der Waals surface area contributed by atoms with Crippen LogP contribution in [0.3, 0.4) is 0 Å². The number of carbonyl (C=O) groups is 1. The number of hydrogen-bond acceptors (Lipinski definition) is 1. The molecule has 0 bridgehead atoms. The quantitative estimate of drug-likeness (QED) is 0.898. The van der Waals surface area contributed by atoms with Gasteiger partial charge in [0.05, 0.1) is 6.42 Å². The van der Waals surface area contributed by atoms with Crippen molar-refractivity contribution in [1.29, 1.82) is 0 Å². The number of carboxylic acids is 1. The molecule has 0 aliphatic heterocycles. The van der Waals surface area contributed by atoms with Crippen LogP contribution >= 0.6 is 15.9 Å². The van der Waals surface area contributed by atoms with E-state index < -0.39 is 5.97 Å². The van der Waals surface area contributed by atoms with Crippen molar-refractivity contribution in [3.63, 3.8) is 0 Å². The first-order valence-electron chi connectivity index (χ1n) is 5.75. The molecule has 0 saturated carbocycles. The molecule has 1 aromatic carbocycles. The molecule has 1 N–H and O–H groups in total. The third-order valence-corrected chi connectivity index (χ3v) is 3.42. The molecule has 0 heterocycles. The Morgan fingerprint density at radius 1 is 1.35 bits per heavy atom. The molecule has 0 radical (unpaired) electrons. The van der Waals surface area contributed by atoms with Crippen LogP contribution in [-0.2, 0) is 10.2 Å². The smallest absolute Gasteiger partial charge is 0.304 e. The van der Waals surface area contributed by atoms with Gasteiger partial charge < -0.3 is 5.11 Å². The van der Waals surface area contributed by atoms with E-state index in [0.29, 0.717) is 5.92 Å². The standard InChI is InChI=1S/C14H19BrO2/c1-9(2)10-5-11(7-12(15)6-10)14(3,4)8-13(16)17/h5-7,9H,8H2,1-4H3,(H,16,17). The molecule has 0 aromatic heterocycles. The van der Waals surface area contributed by atoms with Crippen LogP contribution in [0.15, 0.2) is 22.7 Å². The Bertz CT molecular complexity index is 422. The van der Waals surface area contributed by atoms with E-state index in [9.17, 15) is 4.79 Å². The van der Waals surface area contributed by atoms with Crippen molar-refractivity contribution in [1.82, 2.24) is 0 Å². The Morgan fingerprint density at radius 3 is 2.41 bits per heavy atom. The van der Waals surface area contributed by atoms with Crippen LogP contribution < -0.4 is 0 Å². The van der Waals surface area contributed by atoms with Crippen molar-refractivity contribution in [2.75, 3.05) is 0 Å². The van der Waals surface area contributed by atoms with E-state index in [-0.39, 0.29) is 11.8 Å². The van der Waals surface area contributed by atoms with E-state index in [1.807, 2.05) is 19.9 Å². The van der Waals surface area contributed by atoms with Gasteiger partial charge in [-0.3, -0.25) is 4.79 Å². The summed E-state index contributed by atoms with van der Waals surface area (Å²) >= 11 is 3.49. The zero-order chi connectivity index (χ0) is 13.2. The van der Waals surface area contributed by atoms with Gasteiger partial charge in [0, 0.05) is 9.89 Å². The monoisotopic (exact) mass is 298 g/mol. The summed E-state index contributed by atoms with van der Waals surface area (Å²) in [6.07, 6.45) is 0.140. The number of aliphatic carboxylic acids is 1. The van der Waals surface area contributed by atoms with E-state index >= 15 is 0 Å². The van der Waals surface area contributed by atoms with Gasteiger partial charge in [-0.15, -0.1) is 0 Å². The maximum absolute atomic E-state index is 10.9. The van der Waals surface area contributed by atoms with Crippen LogP contribution in [0, 0.1) is 0 Å². The van der Waals surface area contributed by atoms with Crippen LogP contribution in [-0.4, -0.2) is 11.1 Å². The molecular weight excluding hydrogens is 280 g/mol. The summed E-state index contributed by atoms with van der Waals surface area (Å²) in [4.78, 5) is 10.9. The van der Waals surface area contributed by atoms with Crippen molar-refractivity contribution in [2.45, 2.75) is 45.4 Å². The minimum atomic E-state index is -0.763. The van der Waals surface area contributed by atoms with Gasteiger partial charge in [-0.25, -0.2) is 0 Å². The summed E-state index contributed by atoms with van der Waals surface area (Å²) in [6.45, 7) is 8.20. The first-order valence-corrected chi connectivity index (χ1v) is 6.54. The Morgan fingerprint density at radius 2 is 1.94 bits per heavy atom. The Balaban J connectivity index is 3.17. The highest BCUT2D eigenvalue weighted by atomic mass is 79.9. The lowest BCUT2D eigenvalue weighted by molar-refractivity contribution is -0.138. The molecule has 3 heteroatoms. The van der Waals surface area contributed by atoms with Crippen LogP contribution in [0.5, 0.6) is 0 Å². The summed E-state index contributed by atoms with van der Waals surface area (Å²) in [5, 5.41) is 8.95. The predicted octanol–water partition coefficient (Wildman–Crippen LogP) is 4.32. The zero-order valence-corrected chi connectivity index (χ0v) is 12.3. The molecule has 17 heavy (non-hydrogen) atoms. The van der Waals surface area contributed by atoms with Crippen molar-refractivity contribution < 1.29 is 9.90 Å². The molecule has 0 aliphatic carbocycles. The predicted molar refractivity (Wildman–Crippen MR) is 73.5 cm³/mol. The van der Waals surface area contributed by atoms with Crippen LogP contribution in [0.25, 0.3) is 0 Å². The Kier molecular flexibility index (Phi) is 4.36. The number of carboxylic acid groups (broad SMARTS) is 1. The maximum Gasteiger partial charge on any atom is 0.304 e. The second-order valence-electron chi connectivity index (χ2n) is 5.38. The van der Waals surface area contributed by atoms with E-state index in [1.165, 1.54) is 5.56 Å². The van der Waals surface area contributed by atoms with Gasteiger partial charge in [0.15, 0.2) is 0 Å². The van der Waals surface area contributed by atoms with Crippen LogP contribution in [0.4, 0.5) is 0 Å². The number of benzene rings is 1. The summed E-state index contributed by atoms with van der Waals surface area (Å²) in [5.74, 6) is -0.326. The molecule has 1 aromatic rings. The molecular formula is C14H19BrO2. The fourth-order valence-electron chi connectivity index (χ4n) is 1.82. The molecule has 0 fully saturated rings. The number of rotatable bonds is 4. The molecule has 0 atom stereocenters. The first-order chi connectivity index (χ1) is 7.72. The van der Waals surface area contributed by atoms with Gasteiger partial charge >= 0.3 is 5.97 Å². The zero-order valence-electron chi connectivity index (χ0n) is 10.7. The summed E-state index contributed by atoms with van der Waals surface area (Å²) < 4.78 is 1.01. The third kappa shape index (κ3) is 3.84. The second-order valence-corrected chi connectivity index (χ2v) is 6.30. The summed E-state index contributed by atoms with van der Waals surface area (Å²) in [5.41, 5.74) is 1.95. The molecule has 0 aliphatic rings. The fourth-order valence-corrected chi connectivity index (χ4v) is 2.33. The molecule has 1 rings (SSSR count). The van der Waals surface area contributed by atoms with Crippen molar-refractivity contribution in [2.24, 2.45) is 0 Å². The normalized spacial score (nSPS) is 11.9. The molecule has 0 saturated heterocycles. The van der Waals surface area contributed by atoms with E-state index in [1.54, 1.807) is 0 Å². The lowest BCUT2D eigenvalue weighted by atomic mass is 9.80. The first kappa shape index (κ1) is 14.2. The van der Waals surface area contributed by atoms with Gasteiger partial charge in [0.25, 0.3) is 0 Å². The van der Waals surface area contributed by atoms with E-state index in [0.717, 1.165) is 10.0 Å². The molecule has 94 valence electrons. The highest BCUT2D eigenvalue weighted by molar-refractivity contribution is 9.10. The van der Waals surface area contributed by atoms with Crippen LogP contribution in [0.1, 0.15) is 51.2 Å². The summed E-state index contributed by atoms with van der Waals surface area (Å²) in [7, 11) is 0. The van der Waals surface area contributed by atoms with Crippen molar-refractivity contribution >= 4 is 21.9 Å². The third-order valence-electron chi connectivity index (χ3n) is 2.96. The molecule has 0 unspecified atom stereocenters. The number of halogens is 1. The molecule has 0 spiro atoms. The second kappa shape index (κ2) is 5.21. The largest absolute Gasteiger partial charge is 0.481 e. The van der Waals surface area contributed by atoms with E-state index in [2.05, 4.69) is 41.9 Å². The van der Waals surface area contributed by atoms with Gasteiger partial charge in [0.1, 0.15) is 0 Å². The summed E-state index contributed by atoms with van der Waals surface area (Å²) in [6, 6.07) is 6.21. The van der Waals surface area contributed by atoms with Crippen molar-refractivity contribution in [3.05, 3.63) is 33.8 Å². The van der Waals surface area contributed by atoms with Gasteiger partial charge in [-0.2, -0.15) is 0 Å². The van der Waals surface area contributed by atoms with E-state index in [4.69, 9.17) is 5.11 Å². The lowest BCUT2D eigenvalue weighted by Gasteiger charge is -2.24. The maximum atomic E-state index is 10.9. The number of hydrogen-bond donors (Lipinski definition) is 1. The Hall–Kier alpha value is -0.830. The fraction of sp³-hybridized carbons (Fsp3) is 0.500. The van der Waals surface area contributed by atoms with Crippen LogP contribution in [0.2, 0.25) is 0 Å². The highest BCUT2D eigenvalue weighted by Gasteiger charge is 2.25. The average molecular weight is 299 g/mol. The highest BCUT2D eigenvalue weighted by Crippen LogP contribution is 2.32. The SMILES string of the molecule is CC(C)c1cc(Br)cc(C(C)(C)CC(=O)O)c1. The topological polar surface area (TPSA) is 37.3 Å². The average Bonchev–Trinajstić information content (AvgIpc) is 2.14. The lowest BCUT2D eigenvalue weighted by Crippen LogP contribution is -2.22. The van der Waals surface area contributed by atoms with Gasteiger partial charge in [-0.1, -0.05) is 49.7 Å². The molecule has 2 nitrogen and oxygen atoms in total.